The molecule has 0 spiro atoms. The number of aromatic carboxylic acids is 1. The average Bonchev–Trinajstić information content (AvgIpc) is 2.84. The molecule has 100 valence electrons. The van der Waals surface area contributed by atoms with Crippen LogP contribution in [-0.4, -0.2) is 49.0 Å². The van der Waals surface area contributed by atoms with Crippen molar-refractivity contribution >= 4 is 15.8 Å². The van der Waals surface area contributed by atoms with Crippen LogP contribution in [0.15, 0.2) is 16.7 Å². The lowest BCUT2D eigenvalue weighted by Crippen LogP contribution is -2.32. The summed E-state index contributed by atoms with van der Waals surface area (Å²) in [6, 6.07) is 1.55. The Morgan fingerprint density at radius 1 is 1.61 bits per heavy atom. The van der Waals surface area contributed by atoms with E-state index in [-0.39, 0.29) is 23.3 Å². The fourth-order valence-electron chi connectivity index (χ4n) is 2.17. The Hall–Kier alpha value is -1.34. The number of hydrogen-bond donors (Lipinski definition) is 1. The highest BCUT2D eigenvalue weighted by atomic mass is 32.2. The van der Waals surface area contributed by atoms with Gasteiger partial charge < -0.3 is 9.52 Å². The van der Waals surface area contributed by atoms with Gasteiger partial charge in [0.25, 0.3) is 0 Å². The van der Waals surface area contributed by atoms with E-state index in [9.17, 15) is 13.2 Å². The molecule has 1 aromatic rings. The second kappa shape index (κ2) is 4.74. The summed E-state index contributed by atoms with van der Waals surface area (Å²) in [7, 11) is -1.13. The normalized spacial score (nSPS) is 22.4. The maximum atomic E-state index is 11.4. The van der Waals surface area contributed by atoms with Crippen molar-refractivity contribution in [2.75, 3.05) is 18.6 Å². The zero-order chi connectivity index (χ0) is 13.3. The number of rotatable bonds is 4. The first-order valence-electron chi connectivity index (χ1n) is 5.59. The van der Waals surface area contributed by atoms with Gasteiger partial charge in [0.2, 0.25) is 5.76 Å². The molecule has 1 unspecified atom stereocenters. The molecule has 1 aliphatic rings. The van der Waals surface area contributed by atoms with Gasteiger partial charge in [-0.3, -0.25) is 4.90 Å². The molecule has 0 amide bonds. The summed E-state index contributed by atoms with van der Waals surface area (Å²) in [5.74, 6) is -0.840. The highest BCUT2D eigenvalue weighted by Gasteiger charge is 2.31. The molecular weight excluding hydrogens is 258 g/mol. The molecule has 0 radical (unpaired) electrons. The number of sulfone groups is 1. The molecule has 0 aliphatic carbocycles. The van der Waals surface area contributed by atoms with Gasteiger partial charge in [0.1, 0.15) is 0 Å². The minimum Gasteiger partial charge on any atom is -0.475 e. The van der Waals surface area contributed by atoms with Crippen LogP contribution < -0.4 is 0 Å². The first-order chi connectivity index (χ1) is 8.39. The summed E-state index contributed by atoms with van der Waals surface area (Å²) in [5, 5.41) is 8.91. The zero-order valence-electron chi connectivity index (χ0n) is 10.00. The number of hydrogen-bond acceptors (Lipinski definition) is 5. The van der Waals surface area contributed by atoms with Crippen molar-refractivity contribution in [3.8, 4) is 0 Å². The molecule has 1 aliphatic heterocycles. The van der Waals surface area contributed by atoms with Gasteiger partial charge in [0.15, 0.2) is 9.84 Å². The van der Waals surface area contributed by atoms with E-state index >= 15 is 0 Å². The quantitative estimate of drug-likeness (QED) is 0.864. The van der Waals surface area contributed by atoms with E-state index < -0.39 is 15.8 Å². The third-order valence-corrected chi connectivity index (χ3v) is 4.94. The molecule has 7 heteroatoms. The fourth-order valence-corrected chi connectivity index (χ4v) is 3.97. The Labute approximate surface area is 105 Å². The molecule has 2 heterocycles. The van der Waals surface area contributed by atoms with Gasteiger partial charge in [-0.2, -0.15) is 0 Å². The van der Waals surface area contributed by atoms with Crippen molar-refractivity contribution in [2.45, 2.75) is 19.0 Å². The standard InChI is InChI=1S/C11H15NO5S/c1-12(9-3-5-18(15,16)7-9)6-8-2-4-17-10(8)11(13)14/h2,4,9H,3,5-7H2,1H3,(H,13,14). The summed E-state index contributed by atoms with van der Waals surface area (Å²) in [6.07, 6.45) is 1.93. The lowest BCUT2D eigenvalue weighted by Gasteiger charge is -2.22. The highest BCUT2D eigenvalue weighted by Crippen LogP contribution is 2.20. The van der Waals surface area contributed by atoms with Gasteiger partial charge in [-0.1, -0.05) is 0 Å². The summed E-state index contributed by atoms with van der Waals surface area (Å²) in [4.78, 5) is 12.7. The molecule has 1 saturated heterocycles. The number of furan rings is 1. The Kier molecular flexibility index (Phi) is 3.45. The van der Waals surface area contributed by atoms with Crippen LogP contribution in [0.5, 0.6) is 0 Å². The third kappa shape index (κ3) is 2.73. The van der Waals surface area contributed by atoms with Crippen LogP contribution in [-0.2, 0) is 16.4 Å². The summed E-state index contributed by atoms with van der Waals surface area (Å²) < 4.78 is 27.7. The van der Waals surface area contributed by atoms with Gasteiger partial charge in [-0.25, -0.2) is 13.2 Å². The van der Waals surface area contributed by atoms with Crippen molar-refractivity contribution in [3.05, 3.63) is 23.7 Å². The monoisotopic (exact) mass is 273 g/mol. The summed E-state index contributed by atoms with van der Waals surface area (Å²) in [6.45, 7) is 0.373. The maximum absolute atomic E-state index is 11.4. The average molecular weight is 273 g/mol. The number of carboxylic acid groups (broad SMARTS) is 1. The molecule has 2 rings (SSSR count). The Morgan fingerprint density at radius 2 is 2.33 bits per heavy atom. The minimum absolute atomic E-state index is 0.0495. The molecule has 0 saturated carbocycles. The molecule has 1 fully saturated rings. The van der Waals surface area contributed by atoms with Crippen LogP contribution in [0.25, 0.3) is 0 Å². The topological polar surface area (TPSA) is 87.8 Å². The van der Waals surface area contributed by atoms with Crippen molar-refractivity contribution < 1.29 is 22.7 Å². The predicted molar refractivity (Wildman–Crippen MR) is 64.2 cm³/mol. The fraction of sp³-hybridized carbons (Fsp3) is 0.545. The SMILES string of the molecule is CN(Cc1ccoc1C(=O)O)C1CCS(=O)(=O)C1. The molecular formula is C11H15NO5S. The van der Waals surface area contributed by atoms with Crippen LogP contribution in [0, 0.1) is 0 Å². The van der Waals surface area contributed by atoms with E-state index in [1.165, 1.54) is 6.26 Å². The number of carboxylic acids is 1. The van der Waals surface area contributed by atoms with E-state index in [1.807, 2.05) is 4.90 Å². The van der Waals surface area contributed by atoms with Crippen molar-refractivity contribution in [1.82, 2.24) is 4.90 Å². The molecule has 1 atom stereocenters. The molecule has 6 nitrogen and oxygen atoms in total. The lowest BCUT2D eigenvalue weighted by atomic mass is 10.2. The van der Waals surface area contributed by atoms with E-state index in [0.717, 1.165) is 0 Å². The van der Waals surface area contributed by atoms with Gasteiger partial charge in [-0.05, 0) is 19.5 Å². The minimum atomic E-state index is -2.93. The third-order valence-electron chi connectivity index (χ3n) is 3.19. The second-order valence-electron chi connectivity index (χ2n) is 4.55. The van der Waals surface area contributed by atoms with E-state index in [2.05, 4.69) is 0 Å². The van der Waals surface area contributed by atoms with Crippen molar-refractivity contribution in [2.24, 2.45) is 0 Å². The molecule has 0 aromatic carbocycles. The van der Waals surface area contributed by atoms with Crippen LogP contribution in [0.3, 0.4) is 0 Å². The van der Waals surface area contributed by atoms with Crippen molar-refractivity contribution in [3.63, 3.8) is 0 Å². The van der Waals surface area contributed by atoms with E-state index in [1.54, 1.807) is 13.1 Å². The summed E-state index contributed by atoms with van der Waals surface area (Å²) >= 11 is 0. The van der Waals surface area contributed by atoms with E-state index in [0.29, 0.717) is 18.5 Å². The van der Waals surface area contributed by atoms with Crippen LogP contribution >= 0.6 is 0 Å². The van der Waals surface area contributed by atoms with Crippen LogP contribution in [0.1, 0.15) is 22.5 Å². The Morgan fingerprint density at radius 3 is 2.89 bits per heavy atom. The molecule has 18 heavy (non-hydrogen) atoms. The molecule has 1 N–H and O–H groups in total. The second-order valence-corrected chi connectivity index (χ2v) is 6.78. The maximum Gasteiger partial charge on any atom is 0.372 e. The van der Waals surface area contributed by atoms with Crippen LogP contribution in [0.2, 0.25) is 0 Å². The van der Waals surface area contributed by atoms with Gasteiger partial charge in [0.05, 0.1) is 17.8 Å². The van der Waals surface area contributed by atoms with Gasteiger partial charge in [-0.15, -0.1) is 0 Å². The van der Waals surface area contributed by atoms with Gasteiger partial charge in [0, 0.05) is 18.2 Å². The lowest BCUT2D eigenvalue weighted by molar-refractivity contribution is 0.0659. The van der Waals surface area contributed by atoms with Crippen LogP contribution in [0.4, 0.5) is 0 Å². The summed E-state index contributed by atoms with van der Waals surface area (Å²) in [5.41, 5.74) is 0.564. The zero-order valence-corrected chi connectivity index (χ0v) is 10.8. The number of nitrogens with zero attached hydrogens (tertiary/aromatic N) is 1. The smallest absolute Gasteiger partial charge is 0.372 e. The molecule has 0 bridgehead atoms. The largest absolute Gasteiger partial charge is 0.475 e. The Balaban J connectivity index is 2.06. The first-order valence-corrected chi connectivity index (χ1v) is 7.41. The number of carbonyl (C=O) groups is 1. The van der Waals surface area contributed by atoms with Gasteiger partial charge >= 0.3 is 5.97 Å². The van der Waals surface area contributed by atoms with E-state index in [4.69, 9.17) is 9.52 Å². The Bertz CT molecular complexity index is 548. The predicted octanol–water partition coefficient (Wildman–Crippen LogP) is 0.597. The first kappa shape index (κ1) is 13.1. The molecule has 1 aromatic heterocycles. The van der Waals surface area contributed by atoms with Crippen molar-refractivity contribution in [1.29, 1.82) is 0 Å². The highest BCUT2D eigenvalue weighted by molar-refractivity contribution is 7.91.